The Balaban J connectivity index is 1.19. The van der Waals surface area contributed by atoms with Crippen LogP contribution in [0.15, 0.2) is 128 Å². The monoisotopic (exact) mass is 1160 g/mol. The van der Waals surface area contributed by atoms with Crippen LogP contribution in [0.1, 0.15) is 48.4 Å². The first-order valence-corrected chi connectivity index (χ1v) is 28.1. The third-order valence-corrected chi connectivity index (χ3v) is 14.5. The lowest BCUT2D eigenvalue weighted by atomic mass is 10.0. The van der Waals surface area contributed by atoms with Crippen LogP contribution >= 0.6 is 36.9 Å². The van der Waals surface area contributed by atoms with Gasteiger partial charge in [0.25, 0.3) is 0 Å². The summed E-state index contributed by atoms with van der Waals surface area (Å²) < 4.78 is 0. The fraction of sp³-hybridized carbons (Fsp3) is 0.345. The highest BCUT2D eigenvalue weighted by atomic mass is 35.5. The molecule has 430 valence electrons. The van der Waals surface area contributed by atoms with Crippen molar-refractivity contribution in [2.24, 2.45) is 17.2 Å². The number of rotatable bonds is 30. The summed E-state index contributed by atoms with van der Waals surface area (Å²) in [5.41, 5.74) is 21.2. The zero-order chi connectivity index (χ0) is 58.6. The van der Waals surface area contributed by atoms with Gasteiger partial charge in [-0.3, -0.25) is 38.4 Å². The maximum atomic E-state index is 14.8. The van der Waals surface area contributed by atoms with Gasteiger partial charge in [-0.2, -0.15) is 25.3 Å². The summed E-state index contributed by atoms with van der Waals surface area (Å²) in [6, 6.07) is 25.4. The molecule has 0 saturated carbocycles. The zero-order valence-corrected chi connectivity index (χ0v) is 47.2. The number of para-hydroxylation sites is 1. The molecule has 0 spiro atoms. The molecule has 6 rings (SSSR count). The van der Waals surface area contributed by atoms with Crippen molar-refractivity contribution >= 4 is 106 Å². The largest absolute Gasteiger partial charge is 0.391 e. The van der Waals surface area contributed by atoms with Gasteiger partial charge in [0, 0.05) is 52.9 Å². The molecule has 20 nitrogen and oxygen atoms in total. The van der Waals surface area contributed by atoms with Crippen LogP contribution in [0.4, 0.5) is 0 Å². The van der Waals surface area contributed by atoms with E-state index in [0.29, 0.717) is 34.6 Å². The molecule has 1 heterocycles. The fourth-order valence-corrected chi connectivity index (χ4v) is 9.66. The molecule has 9 atom stereocenters. The molecule has 0 aliphatic rings. The Kier molecular flexibility index (Phi) is 24.0. The fourth-order valence-electron chi connectivity index (χ4n) is 9.02. The second-order valence-electron chi connectivity index (χ2n) is 19.7. The summed E-state index contributed by atoms with van der Waals surface area (Å²) in [6.07, 6.45) is 0.911. The molecule has 81 heavy (non-hydrogen) atoms. The van der Waals surface area contributed by atoms with E-state index in [0.717, 1.165) is 27.2 Å². The highest BCUT2D eigenvalue weighted by Crippen LogP contribution is 2.21. The van der Waals surface area contributed by atoms with Gasteiger partial charge in [0.15, 0.2) is 0 Å². The topological polar surface area (TPSA) is 335 Å². The highest BCUT2D eigenvalue weighted by molar-refractivity contribution is 7.80. The number of hydrogen-bond acceptors (Lipinski definition) is 13. The average Bonchev–Trinajstić information content (AvgIpc) is 3.87. The zero-order valence-electron chi connectivity index (χ0n) is 44.6. The maximum Gasteiger partial charge on any atom is 0.245 e. The third-order valence-electron chi connectivity index (χ3n) is 13.5. The number of carbonyl (C=O) groups excluding carboxylic acids is 8. The van der Waals surface area contributed by atoms with E-state index >= 15 is 0 Å². The van der Waals surface area contributed by atoms with Crippen molar-refractivity contribution in [1.82, 2.24) is 42.2 Å². The number of primary amides is 1. The van der Waals surface area contributed by atoms with E-state index in [9.17, 15) is 43.5 Å². The number of hydrogen-bond donors (Lipinski definition) is 14. The van der Waals surface area contributed by atoms with Crippen LogP contribution in [0.25, 0.3) is 21.7 Å². The van der Waals surface area contributed by atoms with Crippen LogP contribution in [0.2, 0.25) is 5.02 Å². The molecule has 0 radical (unpaired) electrons. The first kappa shape index (κ1) is 62.7. The smallest absolute Gasteiger partial charge is 0.245 e. The van der Waals surface area contributed by atoms with Crippen molar-refractivity contribution in [3.63, 3.8) is 0 Å². The molecule has 1 aromatic heterocycles. The van der Waals surface area contributed by atoms with Crippen molar-refractivity contribution in [3.05, 3.63) is 155 Å². The molecule has 0 aliphatic carbocycles. The number of carbonyl (C=O) groups is 8. The Labute approximate surface area is 485 Å². The predicted octanol–water partition coefficient (Wildman–Crippen LogP) is 1.82. The maximum absolute atomic E-state index is 14.8. The van der Waals surface area contributed by atoms with Crippen molar-refractivity contribution in [2.75, 3.05) is 18.1 Å². The number of thiol groups is 2. The average molecular weight is 1160 g/mol. The molecule has 8 amide bonds. The van der Waals surface area contributed by atoms with Gasteiger partial charge in [0.05, 0.1) is 12.1 Å². The first-order chi connectivity index (χ1) is 38.9. The van der Waals surface area contributed by atoms with Gasteiger partial charge < -0.3 is 64.5 Å². The predicted molar refractivity (Wildman–Crippen MR) is 318 cm³/mol. The van der Waals surface area contributed by atoms with E-state index in [-0.39, 0.29) is 50.2 Å². The Morgan fingerprint density at radius 2 is 1.05 bits per heavy atom. The number of nitrogens with one attached hydrogen (secondary N) is 8. The summed E-state index contributed by atoms with van der Waals surface area (Å²) in [5, 5.41) is 32.6. The van der Waals surface area contributed by atoms with Crippen LogP contribution in [0, 0.1) is 0 Å². The van der Waals surface area contributed by atoms with Gasteiger partial charge in [-0.05, 0) is 90.4 Å². The van der Waals surface area contributed by atoms with E-state index in [1.54, 1.807) is 60.8 Å². The number of halogens is 1. The van der Waals surface area contributed by atoms with Gasteiger partial charge in [-0.1, -0.05) is 115 Å². The minimum Gasteiger partial charge on any atom is -0.391 e. The molecule has 15 N–H and O–H groups in total. The van der Waals surface area contributed by atoms with E-state index in [4.69, 9.17) is 28.8 Å². The van der Waals surface area contributed by atoms with Gasteiger partial charge in [-0.15, -0.1) is 0 Å². The molecule has 0 bridgehead atoms. The quantitative estimate of drug-likeness (QED) is 0.0228. The number of nitrogens with two attached hydrogens (primary N) is 3. The lowest BCUT2D eigenvalue weighted by Gasteiger charge is -2.28. The van der Waals surface area contributed by atoms with Crippen molar-refractivity contribution < 1.29 is 43.5 Å². The van der Waals surface area contributed by atoms with E-state index in [1.165, 1.54) is 6.92 Å². The SMILES string of the molecule is C[C@@H](O)[C@H](NC(=O)[C@H](CCCCN)NC(=O)[C@@H](Cc1c[nH]c2ccccc12)NC(=O)[C@H](Cc1ccccc1)NC(=O)[C@@H](CS)NC(=O)[C@@H](N)Cc1ccc(Cl)cc1)C(=O)N[C@@H](CS)C(=O)N[C@@H](Cc1ccc2ccccc2c1)C(N)=O. The van der Waals surface area contributed by atoms with Gasteiger partial charge in [0.2, 0.25) is 47.3 Å². The molecule has 5 aromatic carbocycles. The Morgan fingerprint density at radius 1 is 0.543 bits per heavy atom. The number of H-pyrrole nitrogens is 1. The third kappa shape index (κ3) is 18.5. The number of amides is 8. The second kappa shape index (κ2) is 30.9. The Bertz CT molecular complexity index is 3130. The van der Waals surface area contributed by atoms with E-state index in [2.05, 4.69) is 67.5 Å². The Hall–Kier alpha value is -7.47. The lowest BCUT2D eigenvalue weighted by Crippen LogP contribution is -2.62. The summed E-state index contributed by atoms with van der Waals surface area (Å²) >= 11 is 14.6. The molecule has 0 unspecified atom stereocenters. The lowest BCUT2D eigenvalue weighted by molar-refractivity contribution is -0.136. The van der Waals surface area contributed by atoms with Crippen molar-refractivity contribution in [2.45, 2.75) is 106 Å². The molecule has 0 fully saturated rings. The van der Waals surface area contributed by atoms with Crippen LogP contribution in [0.3, 0.4) is 0 Å². The second-order valence-corrected chi connectivity index (χ2v) is 20.9. The summed E-state index contributed by atoms with van der Waals surface area (Å²) in [4.78, 5) is 114. The number of benzene rings is 5. The van der Waals surface area contributed by atoms with E-state index < -0.39 is 102 Å². The minimum absolute atomic E-state index is 0.00303. The number of aromatic amines is 1. The highest BCUT2D eigenvalue weighted by Gasteiger charge is 2.36. The van der Waals surface area contributed by atoms with Crippen molar-refractivity contribution in [1.29, 1.82) is 0 Å². The van der Waals surface area contributed by atoms with Crippen molar-refractivity contribution in [3.8, 4) is 0 Å². The van der Waals surface area contributed by atoms with E-state index in [1.807, 2.05) is 66.7 Å². The summed E-state index contributed by atoms with van der Waals surface area (Å²) in [6.45, 7) is 1.49. The van der Waals surface area contributed by atoms with Crippen LogP contribution in [-0.4, -0.2) is 130 Å². The molecule has 0 aliphatic heterocycles. The number of aromatic nitrogens is 1. The number of aliphatic hydroxyl groups is 1. The molecular formula is C58H70ClN11O9S2. The molecule has 0 saturated heterocycles. The molecule has 6 aromatic rings. The summed E-state index contributed by atoms with van der Waals surface area (Å²) in [7, 11) is 0. The number of fused-ring (bicyclic) bond motifs is 2. The van der Waals surface area contributed by atoms with Crippen LogP contribution in [-0.2, 0) is 64.0 Å². The summed E-state index contributed by atoms with van der Waals surface area (Å²) in [5.74, 6) is -6.95. The number of aliphatic hydroxyl groups excluding tert-OH is 1. The minimum atomic E-state index is -1.68. The van der Waals surface area contributed by atoms with Gasteiger partial charge >= 0.3 is 0 Å². The standard InChI is InChI=1S/C58H70ClN11O9S2/c1-33(71)50(58(79)69-49(32-81)56(77)65-45(51(62)72)28-36-18-21-37-13-5-6-14-38(37)25-36)70-53(74)44(17-9-10-24-60)64-55(76)47(29-39-30-63-43-16-8-7-15-41(39)43)67-54(75)46(27-34-11-3-2-4-12-34)66-57(78)48(31-80)68-52(73)42(61)26-35-19-22-40(59)23-20-35/h2-8,11-16,18-23,25,30,33,42,44-50,63,71,80-81H,9-10,17,24,26-29,31-32,60-61H2,1H3,(H2,62,72)(H,64,76)(H,65,77)(H,66,78)(H,67,75)(H,68,73)(H,69,79)(H,70,74)/t33-,42+,44+,45+,46+,47-,48-,49+,50+/m1/s1. The molecular weight excluding hydrogens is 1090 g/mol. The first-order valence-electron chi connectivity index (χ1n) is 26.5. The van der Waals surface area contributed by atoms with Gasteiger partial charge in [0.1, 0.15) is 42.3 Å². The Morgan fingerprint density at radius 3 is 1.68 bits per heavy atom. The van der Waals surface area contributed by atoms with Crippen LogP contribution < -0.4 is 54.4 Å². The molecule has 23 heteroatoms. The normalized spacial score (nSPS) is 14.6. The van der Waals surface area contributed by atoms with Crippen LogP contribution in [0.5, 0.6) is 0 Å². The number of unbranched alkanes of at least 4 members (excludes halogenated alkanes) is 1. The van der Waals surface area contributed by atoms with Gasteiger partial charge in [-0.25, -0.2) is 0 Å².